The van der Waals surface area contributed by atoms with Crippen molar-refractivity contribution in [3.63, 3.8) is 0 Å². The van der Waals surface area contributed by atoms with Gasteiger partial charge in [-0.3, -0.25) is 4.31 Å². The lowest BCUT2D eigenvalue weighted by molar-refractivity contribution is 0.593. The van der Waals surface area contributed by atoms with Crippen LogP contribution in [-0.4, -0.2) is 15.5 Å². The Balaban J connectivity index is 2.57. The largest absolute Gasteiger partial charge is 0.399 e. The normalized spacial score (nSPS) is 11.4. The van der Waals surface area contributed by atoms with Gasteiger partial charge in [-0.2, -0.15) is 0 Å². The maximum Gasteiger partial charge on any atom is 0.264 e. The van der Waals surface area contributed by atoms with Gasteiger partial charge in [0.05, 0.1) is 10.6 Å². The van der Waals surface area contributed by atoms with E-state index in [0.717, 1.165) is 16.7 Å². The van der Waals surface area contributed by atoms with Crippen LogP contribution in [0.3, 0.4) is 0 Å². The van der Waals surface area contributed by atoms with E-state index < -0.39 is 10.0 Å². The molecule has 0 saturated heterocycles. The molecule has 112 valence electrons. The SMILES string of the molecule is Cc1cccc(N(C)S(=O)(=O)c2cc(N)cc(C)c2C)c1. The van der Waals surface area contributed by atoms with E-state index in [-0.39, 0.29) is 4.90 Å². The number of hydrogen-bond acceptors (Lipinski definition) is 3. The van der Waals surface area contributed by atoms with Gasteiger partial charge in [0.1, 0.15) is 0 Å². The van der Waals surface area contributed by atoms with Gasteiger partial charge in [-0.25, -0.2) is 8.42 Å². The first-order valence-corrected chi connectivity index (χ1v) is 8.10. The Kier molecular flexibility index (Phi) is 3.96. The van der Waals surface area contributed by atoms with Crippen LogP contribution in [0.4, 0.5) is 11.4 Å². The smallest absolute Gasteiger partial charge is 0.264 e. The monoisotopic (exact) mass is 304 g/mol. The van der Waals surface area contributed by atoms with E-state index in [1.165, 1.54) is 10.4 Å². The second kappa shape index (κ2) is 5.41. The zero-order valence-corrected chi connectivity index (χ0v) is 13.5. The van der Waals surface area contributed by atoms with Gasteiger partial charge in [-0.05, 0) is 61.7 Å². The summed E-state index contributed by atoms with van der Waals surface area (Å²) in [4.78, 5) is 0.254. The maximum absolute atomic E-state index is 12.8. The fourth-order valence-electron chi connectivity index (χ4n) is 2.23. The molecule has 2 aromatic rings. The zero-order chi connectivity index (χ0) is 15.8. The van der Waals surface area contributed by atoms with Gasteiger partial charge in [-0.1, -0.05) is 12.1 Å². The molecular formula is C16H20N2O2S. The minimum atomic E-state index is -3.63. The number of rotatable bonds is 3. The minimum absolute atomic E-state index is 0.254. The van der Waals surface area contributed by atoms with Crippen molar-refractivity contribution < 1.29 is 8.42 Å². The quantitative estimate of drug-likeness (QED) is 0.887. The molecule has 0 atom stereocenters. The fraction of sp³-hybridized carbons (Fsp3) is 0.250. The van der Waals surface area contributed by atoms with Gasteiger partial charge in [0, 0.05) is 12.7 Å². The number of sulfonamides is 1. The number of aryl methyl sites for hydroxylation is 2. The van der Waals surface area contributed by atoms with E-state index in [1.54, 1.807) is 26.1 Å². The number of nitrogen functional groups attached to an aromatic ring is 1. The van der Waals surface area contributed by atoms with Crippen molar-refractivity contribution in [3.05, 3.63) is 53.1 Å². The maximum atomic E-state index is 12.8. The fourth-order valence-corrected chi connectivity index (χ4v) is 3.75. The summed E-state index contributed by atoms with van der Waals surface area (Å²) in [6.07, 6.45) is 0. The van der Waals surface area contributed by atoms with E-state index in [0.29, 0.717) is 11.4 Å². The van der Waals surface area contributed by atoms with E-state index in [2.05, 4.69) is 0 Å². The van der Waals surface area contributed by atoms with Crippen LogP contribution in [0.5, 0.6) is 0 Å². The molecule has 5 heteroatoms. The Bertz CT molecular complexity index is 783. The highest BCUT2D eigenvalue weighted by atomic mass is 32.2. The lowest BCUT2D eigenvalue weighted by Crippen LogP contribution is -2.27. The first-order valence-electron chi connectivity index (χ1n) is 6.66. The molecule has 0 unspecified atom stereocenters. The molecular weight excluding hydrogens is 284 g/mol. The molecule has 0 radical (unpaired) electrons. The van der Waals surface area contributed by atoms with Crippen LogP contribution in [0.2, 0.25) is 0 Å². The second-order valence-corrected chi connectivity index (χ2v) is 7.21. The van der Waals surface area contributed by atoms with Crippen molar-refractivity contribution in [2.75, 3.05) is 17.1 Å². The van der Waals surface area contributed by atoms with Crippen LogP contribution in [0.15, 0.2) is 41.3 Å². The summed E-state index contributed by atoms with van der Waals surface area (Å²) in [5.41, 5.74) is 9.49. The number of benzene rings is 2. The van der Waals surface area contributed by atoms with Gasteiger partial charge in [0.25, 0.3) is 10.0 Å². The van der Waals surface area contributed by atoms with E-state index >= 15 is 0 Å². The van der Waals surface area contributed by atoms with E-state index in [9.17, 15) is 8.42 Å². The zero-order valence-electron chi connectivity index (χ0n) is 12.7. The average Bonchev–Trinajstić information content (AvgIpc) is 2.41. The van der Waals surface area contributed by atoms with Gasteiger partial charge < -0.3 is 5.73 Å². The molecule has 4 nitrogen and oxygen atoms in total. The molecule has 2 aromatic carbocycles. The highest BCUT2D eigenvalue weighted by molar-refractivity contribution is 7.92. The second-order valence-electron chi connectivity index (χ2n) is 5.27. The van der Waals surface area contributed by atoms with Crippen molar-refractivity contribution in [3.8, 4) is 0 Å². The molecule has 0 aliphatic heterocycles. The van der Waals surface area contributed by atoms with Crippen molar-refractivity contribution >= 4 is 21.4 Å². The summed E-state index contributed by atoms with van der Waals surface area (Å²) in [6, 6.07) is 10.7. The van der Waals surface area contributed by atoms with Crippen molar-refractivity contribution in [2.24, 2.45) is 0 Å². The molecule has 0 aromatic heterocycles. The van der Waals surface area contributed by atoms with Gasteiger partial charge >= 0.3 is 0 Å². The molecule has 2 rings (SSSR count). The van der Waals surface area contributed by atoms with Crippen LogP contribution in [0.25, 0.3) is 0 Å². The van der Waals surface area contributed by atoms with Crippen molar-refractivity contribution in [1.82, 2.24) is 0 Å². The van der Waals surface area contributed by atoms with Gasteiger partial charge in [0.2, 0.25) is 0 Å². The molecule has 21 heavy (non-hydrogen) atoms. The molecule has 0 spiro atoms. The molecule has 0 amide bonds. The Morgan fingerprint density at radius 1 is 1.05 bits per heavy atom. The van der Waals surface area contributed by atoms with Crippen LogP contribution < -0.4 is 10.0 Å². The third kappa shape index (κ3) is 2.88. The summed E-state index contributed by atoms with van der Waals surface area (Å²) < 4.78 is 27.0. The Morgan fingerprint density at radius 3 is 2.33 bits per heavy atom. The lowest BCUT2D eigenvalue weighted by Gasteiger charge is -2.22. The summed E-state index contributed by atoms with van der Waals surface area (Å²) in [5, 5.41) is 0. The molecule has 0 fully saturated rings. The number of nitrogens with zero attached hydrogens (tertiary/aromatic N) is 1. The van der Waals surface area contributed by atoms with E-state index in [4.69, 9.17) is 5.73 Å². The highest BCUT2D eigenvalue weighted by Gasteiger charge is 2.24. The molecule has 0 aliphatic rings. The standard InChI is InChI=1S/C16H20N2O2S/c1-11-6-5-7-15(8-11)18(4)21(19,20)16-10-14(17)9-12(2)13(16)3/h5-10H,17H2,1-4H3. The summed E-state index contributed by atoms with van der Waals surface area (Å²) >= 11 is 0. The summed E-state index contributed by atoms with van der Waals surface area (Å²) in [5.74, 6) is 0. The van der Waals surface area contributed by atoms with Crippen molar-refractivity contribution in [1.29, 1.82) is 0 Å². The lowest BCUT2D eigenvalue weighted by atomic mass is 10.1. The molecule has 0 saturated carbocycles. The summed E-state index contributed by atoms with van der Waals surface area (Å²) in [7, 11) is -2.07. The third-order valence-corrected chi connectivity index (χ3v) is 5.56. The predicted molar refractivity (Wildman–Crippen MR) is 87.1 cm³/mol. The Labute approximate surface area is 126 Å². The highest BCUT2D eigenvalue weighted by Crippen LogP contribution is 2.28. The number of anilines is 2. The summed E-state index contributed by atoms with van der Waals surface area (Å²) in [6.45, 7) is 5.59. The molecule has 0 heterocycles. The molecule has 0 bridgehead atoms. The topological polar surface area (TPSA) is 63.4 Å². The molecule has 0 aliphatic carbocycles. The number of hydrogen-bond donors (Lipinski definition) is 1. The first kappa shape index (κ1) is 15.4. The van der Waals surface area contributed by atoms with Gasteiger partial charge in [-0.15, -0.1) is 0 Å². The third-order valence-electron chi connectivity index (χ3n) is 3.65. The Hall–Kier alpha value is -2.01. The van der Waals surface area contributed by atoms with Crippen LogP contribution >= 0.6 is 0 Å². The van der Waals surface area contributed by atoms with Crippen LogP contribution in [-0.2, 0) is 10.0 Å². The number of nitrogens with two attached hydrogens (primary N) is 1. The minimum Gasteiger partial charge on any atom is -0.399 e. The average molecular weight is 304 g/mol. The van der Waals surface area contributed by atoms with E-state index in [1.807, 2.05) is 32.0 Å². The van der Waals surface area contributed by atoms with Crippen LogP contribution in [0.1, 0.15) is 16.7 Å². The molecule has 2 N–H and O–H groups in total. The Morgan fingerprint density at radius 2 is 1.71 bits per heavy atom. The first-order chi connectivity index (χ1) is 9.73. The van der Waals surface area contributed by atoms with Crippen LogP contribution in [0, 0.1) is 20.8 Å². The van der Waals surface area contributed by atoms with Crippen molar-refractivity contribution in [2.45, 2.75) is 25.7 Å². The predicted octanol–water partition coefficient (Wildman–Crippen LogP) is 3.02. The van der Waals surface area contributed by atoms with Gasteiger partial charge in [0.15, 0.2) is 0 Å².